The summed E-state index contributed by atoms with van der Waals surface area (Å²) in [6.07, 6.45) is 2.73. The normalized spacial score (nSPS) is 37.8. The molecule has 3 unspecified atom stereocenters. The van der Waals surface area contributed by atoms with Crippen molar-refractivity contribution in [3.05, 3.63) is 12.2 Å². The van der Waals surface area contributed by atoms with Crippen LogP contribution >= 0.6 is 0 Å². The highest BCUT2D eigenvalue weighted by Gasteiger charge is 2.33. The standard InChI is InChI=1S/C11H20N2/c1-9(2)7-12-11-4-6-13-5-3-10(11)8-13/h10-12H,1,3-8H2,2H3. The van der Waals surface area contributed by atoms with E-state index in [2.05, 4.69) is 23.7 Å². The Labute approximate surface area is 81.0 Å². The lowest BCUT2D eigenvalue weighted by Crippen LogP contribution is -2.44. The lowest BCUT2D eigenvalue weighted by Gasteiger charge is -2.31. The number of hydrogen-bond acceptors (Lipinski definition) is 2. The van der Waals surface area contributed by atoms with Crippen LogP contribution in [0.4, 0.5) is 0 Å². The Morgan fingerprint density at radius 1 is 1.46 bits per heavy atom. The second-order valence-corrected chi connectivity index (χ2v) is 4.58. The van der Waals surface area contributed by atoms with E-state index in [1.54, 1.807) is 0 Å². The summed E-state index contributed by atoms with van der Waals surface area (Å²) in [5.74, 6) is 0.910. The number of piperidine rings is 1. The summed E-state index contributed by atoms with van der Waals surface area (Å²) in [6.45, 7) is 11.0. The smallest absolute Gasteiger partial charge is 0.0161 e. The average molecular weight is 180 g/mol. The zero-order valence-corrected chi connectivity index (χ0v) is 8.55. The predicted octanol–water partition coefficient (Wildman–Crippen LogP) is 1.25. The minimum atomic E-state index is 0.760. The van der Waals surface area contributed by atoms with Gasteiger partial charge in [0.25, 0.3) is 0 Å². The van der Waals surface area contributed by atoms with E-state index in [0.717, 1.165) is 18.5 Å². The van der Waals surface area contributed by atoms with Crippen LogP contribution in [0.2, 0.25) is 0 Å². The fourth-order valence-electron chi connectivity index (χ4n) is 2.53. The van der Waals surface area contributed by atoms with Gasteiger partial charge < -0.3 is 10.2 Å². The summed E-state index contributed by atoms with van der Waals surface area (Å²) in [5.41, 5.74) is 1.25. The molecule has 1 N–H and O–H groups in total. The molecule has 0 aromatic carbocycles. The lowest BCUT2D eigenvalue weighted by molar-refractivity contribution is 0.224. The molecule has 0 aromatic heterocycles. The molecule has 2 fully saturated rings. The molecular formula is C11H20N2. The molecular weight excluding hydrogens is 160 g/mol. The molecule has 2 bridgehead atoms. The number of fused-ring (bicyclic) bond motifs is 2. The highest BCUT2D eigenvalue weighted by atomic mass is 15.2. The molecule has 2 heterocycles. The van der Waals surface area contributed by atoms with Gasteiger partial charge >= 0.3 is 0 Å². The first kappa shape index (κ1) is 9.22. The number of hydrogen-bond donors (Lipinski definition) is 1. The molecule has 2 saturated heterocycles. The quantitative estimate of drug-likeness (QED) is 0.658. The van der Waals surface area contributed by atoms with Gasteiger partial charge in [-0.25, -0.2) is 0 Å². The Kier molecular flexibility index (Phi) is 2.70. The predicted molar refractivity (Wildman–Crippen MR) is 55.8 cm³/mol. The van der Waals surface area contributed by atoms with Gasteiger partial charge in [-0.3, -0.25) is 0 Å². The van der Waals surface area contributed by atoms with Crippen LogP contribution < -0.4 is 5.32 Å². The third-order valence-electron chi connectivity index (χ3n) is 3.30. The summed E-state index contributed by atoms with van der Waals surface area (Å²) < 4.78 is 0. The van der Waals surface area contributed by atoms with Crippen molar-refractivity contribution in [2.45, 2.75) is 25.8 Å². The molecule has 0 aromatic rings. The van der Waals surface area contributed by atoms with Crippen molar-refractivity contribution in [1.29, 1.82) is 0 Å². The maximum atomic E-state index is 3.93. The first-order valence-electron chi connectivity index (χ1n) is 5.36. The Morgan fingerprint density at radius 2 is 2.23 bits per heavy atom. The molecule has 3 atom stereocenters. The van der Waals surface area contributed by atoms with Gasteiger partial charge in [-0.15, -0.1) is 0 Å². The third-order valence-corrected chi connectivity index (χ3v) is 3.30. The fraction of sp³-hybridized carbons (Fsp3) is 0.818. The molecule has 74 valence electrons. The Balaban J connectivity index is 1.82. The number of rotatable bonds is 3. The average Bonchev–Trinajstić information content (AvgIpc) is 2.47. The Hall–Kier alpha value is -0.340. The van der Waals surface area contributed by atoms with Gasteiger partial charge in [-0.1, -0.05) is 12.2 Å². The van der Waals surface area contributed by atoms with Gasteiger partial charge in [0.15, 0.2) is 0 Å². The molecule has 2 heteroatoms. The largest absolute Gasteiger partial charge is 0.310 e. The molecule has 0 spiro atoms. The van der Waals surface area contributed by atoms with Crippen molar-refractivity contribution in [2.75, 3.05) is 26.2 Å². The van der Waals surface area contributed by atoms with Gasteiger partial charge in [0.2, 0.25) is 0 Å². The van der Waals surface area contributed by atoms with Crippen LogP contribution in [0.1, 0.15) is 19.8 Å². The maximum Gasteiger partial charge on any atom is 0.0161 e. The summed E-state index contributed by atoms with van der Waals surface area (Å²) in [6, 6.07) is 0.760. The molecule has 2 nitrogen and oxygen atoms in total. The van der Waals surface area contributed by atoms with Crippen molar-refractivity contribution < 1.29 is 0 Å². The van der Waals surface area contributed by atoms with Crippen LogP contribution in [0.25, 0.3) is 0 Å². The van der Waals surface area contributed by atoms with Crippen molar-refractivity contribution in [2.24, 2.45) is 5.92 Å². The van der Waals surface area contributed by atoms with E-state index >= 15 is 0 Å². The minimum absolute atomic E-state index is 0.760. The van der Waals surface area contributed by atoms with E-state index in [9.17, 15) is 0 Å². The third kappa shape index (κ3) is 2.12. The molecule has 0 saturated carbocycles. The summed E-state index contributed by atoms with van der Waals surface area (Å²) in [7, 11) is 0. The zero-order chi connectivity index (χ0) is 9.26. The van der Waals surface area contributed by atoms with Crippen LogP contribution in [-0.2, 0) is 0 Å². The molecule has 13 heavy (non-hydrogen) atoms. The van der Waals surface area contributed by atoms with Crippen LogP contribution in [0.15, 0.2) is 12.2 Å². The van der Waals surface area contributed by atoms with Crippen LogP contribution in [0.3, 0.4) is 0 Å². The first-order valence-corrected chi connectivity index (χ1v) is 5.36. The van der Waals surface area contributed by atoms with E-state index in [4.69, 9.17) is 0 Å². The second-order valence-electron chi connectivity index (χ2n) is 4.58. The highest BCUT2D eigenvalue weighted by Crippen LogP contribution is 2.26. The molecule has 0 radical (unpaired) electrons. The second kappa shape index (κ2) is 3.81. The molecule has 2 aliphatic heterocycles. The summed E-state index contributed by atoms with van der Waals surface area (Å²) >= 11 is 0. The van der Waals surface area contributed by atoms with Crippen molar-refractivity contribution in [3.63, 3.8) is 0 Å². The fourth-order valence-corrected chi connectivity index (χ4v) is 2.53. The number of nitrogens with zero attached hydrogens (tertiary/aromatic N) is 1. The molecule has 2 aliphatic rings. The zero-order valence-electron chi connectivity index (χ0n) is 8.55. The lowest BCUT2D eigenvalue weighted by atomic mass is 9.94. The topological polar surface area (TPSA) is 15.3 Å². The Morgan fingerprint density at radius 3 is 3.00 bits per heavy atom. The van der Waals surface area contributed by atoms with Gasteiger partial charge in [0.1, 0.15) is 0 Å². The van der Waals surface area contributed by atoms with E-state index in [1.807, 2.05) is 0 Å². The van der Waals surface area contributed by atoms with Crippen LogP contribution in [0, 0.1) is 5.92 Å². The number of nitrogens with one attached hydrogen (secondary N) is 1. The summed E-state index contributed by atoms with van der Waals surface area (Å²) in [5, 5.41) is 3.62. The van der Waals surface area contributed by atoms with Gasteiger partial charge in [0, 0.05) is 19.1 Å². The van der Waals surface area contributed by atoms with Crippen LogP contribution in [-0.4, -0.2) is 37.1 Å². The molecule has 0 aliphatic carbocycles. The van der Waals surface area contributed by atoms with Gasteiger partial charge in [0.05, 0.1) is 0 Å². The van der Waals surface area contributed by atoms with E-state index in [-0.39, 0.29) is 0 Å². The molecule has 0 amide bonds. The minimum Gasteiger partial charge on any atom is -0.310 e. The van der Waals surface area contributed by atoms with Crippen LogP contribution in [0.5, 0.6) is 0 Å². The Bertz CT molecular complexity index is 200. The molecule has 2 rings (SSSR count). The van der Waals surface area contributed by atoms with E-state index in [1.165, 1.54) is 38.0 Å². The summed E-state index contributed by atoms with van der Waals surface area (Å²) in [4.78, 5) is 2.59. The monoisotopic (exact) mass is 180 g/mol. The maximum absolute atomic E-state index is 3.93. The van der Waals surface area contributed by atoms with Crippen molar-refractivity contribution >= 4 is 0 Å². The van der Waals surface area contributed by atoms with Gasteiger partial charge in [-0.2, -0.15) is 0 Å². The van der Waals surface area contributed by atoms with E-state index in [0.29, 0.717) is 0 Å². The highest BCUT2D eigenvalue weighted by molar-refractivity contribution is 4.96. The first-order chi connectivity index (χ1) is 6.25. The van der Waals surface area contributed by atoms with Crippen molar-refractivity contribution in [1.82, 2.24) is 10.2 Å². The SMILES string of the molecule is C=C(C)CNC1CCN2CCC1C2. The van der Waals surface area contributed by atoms with E-state index < -0.39 is 0 Å². The van der Waals surface area contributed by atoms with Gasteiger partial charge in [-0.05, 0) is 38.8 Å². The van der Waals surface area contributed by atoms with Crippen molar-refractivity contribution in [3.8, 4) is 0 Å².